The molecule has 0 fully saturated rings. The van der Waals surface area contributed by atoms with Gasteiger partial charge in [-0.25, -0.2) is 0 Å². The Kier molecular flexibility index (Phi) is 45.0. The van der Waals surface area contributed by atoms with E-state index in [4.69, 9.17) is 14.2 Å². The van der Waals surface area contributed by atoms with Crippen LogP contribution in [0.2, 0.25) is 0 Å². The van der Waals surface area contributed by atoms with Gasteiger partial charge in [-0.15, -0.1) is 0 Å². The highest BCUT2D eigenvalue weighted by Crippen LogP contribution is 2.14. The number of carbonyl (C=O) groups is 3. The van der Waals surface area contributed by atoms with E-state index < -0.39 is 12.1 Å². The van der Waals surface area contributed by atoms with Crippen LogP contribution in [0, 0.1) is 0 Å². The van der Waals surface area contributed by atoms with Gasteiger partial charge in [-0.2, -0.15) is 0 Å². The second-order valence-electron chi connectivity index (χ2n) is 16.0. The molecule has 0 amide bonds. The molecule has 0 bridgehead atoms. The SMILES string of the molecule is CC/C=C\C/C=C\C/C=C\C/C=C\CCC(=O)OC(COC(=O)CCCCCCCCC/C=C\C/C=C\CCCCCC)COC(=O)CCCCCCCCCCCC. The van der Waals surface area contributed by atoms with Crippen molar-refractivity contribution in [1.82, 2.24) is 0 Å². The summed E-state index contributed by atoms with van der Waals surface area (Å²) < 4.78 is 16.7. The van der Waals surface area contributed by atoms with Crippen LogP contribution in [0.3, 0.4) is 0 Å². The number of hydrogen-bond acceptors (Lipinski definition) is 6. The highest BCUT2D eigenvalue weighted by Gasteiger charge is 2.19. The van der Waals surface area contributed by atoms with Crippen molar-refractivity contribution in [3.63, 3.8) is 0 Å². The van der Waals surface area contributed by atoms with Gasteiger partial charge in [0.1, 0.15) is 13.2 Å². The monoisotopic (exact) mass is 823 g/mol. The fourth-order valence-electron chi connectivity index (χ4n) is 6.54. The standard InChI is InChI=1S/C53H90O6/c1-4-7-10-13-16-19-22-24-25-26-27-28-30-31-34-37-40-43-46-52(55)58-49-50(48-57-51(54)45-42-39-36-33-21-18-15-12-9-6-3)59-53(56)47-44-41-38-35-32-29-23-20-17-14-11-8-5-2/h8,11,17,19-20,22,25-26,29,32,38,41,50H,4-7,9-10,12-16,18,21,23-24,27-28,30-31,33-37,39-40,42-49H2,1-3H3/b11-8-,20-17-,22-19-,26-25-,32-29-,41-38-. The highest BCUT2D eigenvalue weighted by atomic mass is 16.6. The van der Waals surface area contributed by atoms with Gasteiger partial charge in [-0.05, 0) is 77.0 Å². The predicted octanol–water partition coefficient (Wildman–Crippen LogP) is 15.9. The lowest BCUT2D eigenvalue weighted by Crippen LogP contribution is -2.30. The number of rotatable bonds is 43. The molecule has 6 heteroatoms. The van der Waals surface area contributed by atoms with Gasteiger partial charge < -0.3 is 14.2 Å². The van der Waals surface area contributed by atoms with E-state index >= 15 is 0 Å². The van der Waals surface area contributed by atoms with Gasteiger partial charge in [0.15, 0.2) is 6.10 Å². The van der Waals surface area contributed by atoms with E-state index in [1.54, 1.807) is 0 Å². The molecule has 0 heterocycles. The average Bonchev–Trinajstić information content (AvgIpc) is 3.23. The minimum absolute atomic E-state index is 0.106. The zero-order chi connectivity index (χ0) is 43.0. The second kappa shape index (κ2) is 47.5. The van der Waals surface area contributed by atoms with E-state index in [-0.39, 0.29) is 31.6 Å². The van der Waals surface area contributed by atoms with Crippen LogP contribution in [0.25, 0.3) is 0 Å². The molecule has 59 heavy (non-hydrogen) atoms. The Morgan fingerprint density at radius 2 is 0.695 bits per heavy atom. The van der Waals surface area contributed by atoms with Gasteiger partial charge in [0, 0.05) is 19.3 Å². The van der Waals surface area contributed by atoms with Crippen molar-refractivity contribution in [2.24, 2.45) is 0 Å². The summed E-state index contributed by atoms with van der Waals surface area (Å²) in [6.07, 6.45) is 59.0. The van der Waals surface area contributed by atoms with Crippen LogP contribution in [-0.2, 0) is 28.6 Å². The molecule has 0 aromatic carbocycles. The molecule has 1 atom stereocenters. The zero-order valence-electron chi connectivity index (χ0n) is 38.5. The maximum Gasteiger partial charge on any atom is 0.306 e. The number of hydrogen-bond donors (Lipinski definition) is 0. The summed E-state index contributed by atoms with van der Waals surface area (Å²) in [6.45, 7) is 6.41. The number of unbranched alkanes of at least 4 members (excludes halogenated alkanes) is 20. The topological polar surface area (TPSA) is 78.9 Å². The molecule has 0 spiro atoms. The lowest BCUT2D eigenvalue weighted by atomic mass is 10.1. The fraction of sp³-hybridized carbons (Fsp3) is 0.717. The Balaban J connectivity index is 4.43. The Morgan fingerprint density at radius 3 is 1.12 bits per heavy atom. The minimum atomic E-state index is -0.813. The molecule has 0 aromatic rings. The van der Waals surface area contributed by atoms with Crippen LogP contribution in [0.15, 0.2) is 72.9 Å². The van der Waals surface area contributed by atoms with Crippen molar-refractivity contribution in [2.75, 3.05) is 13.2 Å². The number of ether oxygens (including phenoxy) is 3. The predicted molar refractivity (Wildman–Crippen MR) is 251 cm³/mol. The molecule has 338 valence electrons. The summed E-state index contributed by atoms with van der Waals surface area (Å²) in [5.74, 6) is -0.999. The molecule has 0 rings (SSSR count). The smallest absolute Gasteiger partial charge is 0.306 e. The summed E-state index contributed by atoms with van der Waals surface area (Å²) in [5, 5.41) is 0. The summed E-state index contributed by atoms with van der Waals surface area (Å²) in [4.78, 5) is 37.8. The van der Waals surface area contributed by atoms with Crippen LogP contribution >= 0.6 is 0 Å². The van der Waals surface area contributed by atoms with Gasteiger partial charge in [-0.1, -0.05) is 203 Å². The van der Waals surface area contributed by atoms with Gasteiger partial charge in [0.2, 0.25) is 0 Å². The molecule has 0 radical (unpaired) electrons. The van der Waals surface area contributed by atoms with Crippen LogP contribution in [0.1, 0.15) is 226 Å². The van der Waals surface area contributed by atoms with Crippen molar-refractivity contribution < 1.29 is 28.6 Å². The summed E-state index contributed by atoms with van der Waals surface area (Å²) >= 11 is 0. The third kappa shape index (κ3) is 45.8. The van der Waals surface area contributed by atoms with E-state index in [0.29, 0.717) is 19.3 Å². The molecule has 0 saturated carbocycles. The first kappa shape index (κ1) is 55.9. The van der Waals surface area contributed by atoms with Crippen LogP contribution < -0.4 is 0 Å². The van der Waals surface area contributed by atoms with Gasteiger partial charge >= 0.3 is 17.9 Å². The second-order valence-corrected chi connectivity index (χ2v) is 16.0. The lowest BCUT2D eigenvalue weighted by molar-refractivity contribution is -0.166. The Bertz CT molecular complexity index is 1130. The molecular weight excluding hydrogens is 733 g/mol. The molecule has 1 unspecified atom stereocenters. The molecule has 0 aromatic heterocycles. The van der Waals surface area contributed by atoms with Crippen molar-refractivity contribution in [3.8, 4) is 0 Å². The molecule has 0 aliphatic heterocycles. The largest absolute Gasteiger partial charge is 0.462 e. The first-order valence-corrected chi connectivity index (χ1v) is 24.4. The quantitative estimate of drug-likeness (QED) is 0.0264. The third-order valence-corrected chi connectivity index (χ3v) is 10.2. The van der Waals surface area contributed by atoms with Gasteiger partial charge in [-0.3, -0.25) is 14.4 Å². The van der Waals surface area contributed by atoms with E-state index in [0.717, 1.165) is 77.0 Å². The molecule has 0 aliphatic rings. The Morgan fingerprint density at radius 1 is 0.356 bits per heavy atom. The molecule has 0 N–H and O–H groups in total. The Labute approximate surface area is 363 Å². The summed E-state index contributed by atoms with van der Waals surface area (Å²) in [6, 6.07) is 0. The maximum absolute atomic E-state index is 12.7. The molecule has 0 aliphatic carbocycles. The average molecular weight is 823 g/mol. The van der Waals surface area contributed by atoms with Crippen LogP contribution in [0.4, 0.5) is 0 Å². The van der Waals surface area contributed by atoms with Crippen molar-refractivity contribution >= 4 is 17.9 Å². The number of carbonyl (C=O) groups excluding carboxylic acids is 3. The van der Waals surface area contributed by atoms with Gasteiger partial charge in [0.05, 0.1) is 0 Å². The first-order valence-electron chi connectivity index (χ1n) is 24.4. The van der Waals surface area contributed by atoms with Crippen molar-refractivity contribution in [3.05, 3.63) is 72.9 Å². The van der Waals surface area contributed by atoms with Gasteiger partial charge in [0.25, 0.3) is 0 Å². The van der Waals surface area contributed by atoms with E-state index in [9.17, 15) is 14.4 Å². The minimum Gasteiger partial charge on any atom is -0.462 e. The van der Waals surface area contributed by atoms with Crippen LogP contribution in [-0.4, -0.2) is 37.2 Å². The van der Waals surface area contributed by atoms with E-state index in [1.807, 2.05) is 12.2 Å². The van der Waals surface area contributed by atoms with E-state index in [1.165, 1.54) is 103 Å². The Hall–Kier alpha value is -3.15. The lowest BCUT2D eigenvalue weighted by Gasteiger charge is -2.18. The molecule has 6 nitrogen and oxygen atoms in total. The third-order valence-electron chi connectivity index (χ3n) is 10.2. The maximum atomic E-state index is 12.7. The van der Waals surface area contributed by atoms with Crippen molar-refractivity contribution in [1.29, 1.82) is 0 Å². The normalized spacial score (nSPS) is 12.7. The van der Waals surface area contributed by atoms with Crippen molar-refractivity contribution in [2.45, 2.75) is 232 Å². The molecule has 0 saturated heterocycles. The zero-order valence-corrected chi connectivity index (χ0v) is 38.5. The summed E-state index contributed by atoms with van der Waals surface area (Å²) in [7, 11) is 0. The fourth-order valence-corrected chi connectivity index (χ4v) is 6.54. The van der Waals surface area contributed by atoms with Crippen LogP contribution in [0.5, 0.6) is 0 Å². The highest BCUT2D eigenvalue weighted by molar-refractivity contribution is 5.71. The number of esters is 3. The molecular formula is C53H90O6. The summed E-state index contributed by atoms with van der Waals surface area (Å²) in [5.41, 5.74) is 0. The number of allylic oxidation sites excluding steroid dienone is 12. The van der Waals surface area contributed by atoms with E-state index in [2.05, 4.69) is 81.5 Å². The first-order chi connectivity index (χ1) is 29.0.